The van der Waals surface area contributed by atoms with Crippen LogP contribution in [-0.2, 0) is 4.74 Å². The Morgan fingerprint density at radius 1 is 1.25 bits per heavy atom. The number of aromatic nitrogens is 3. The number of thioether (sulfide) groups is 1. The lowest BCUT2D eigenvalue weighted by Crippen LogP contribution is -2.55. The lowest BCUT2D eigenvalue weighted by Gasteiger charge is -2.41. The molecule has 0 spiro atoms. The third-order valence-corrected chi connectivity index (χ3v) is 6.38. The maximum Gasteiger partial charge on any atom is 0.405 e. The van der Waals surface area contributed by atoms with E-state index in [1.807, 2.05) is 0 Å². The van der Waals surface area contributed by atoms with Gasteiger partial charge in [-0.1, -0.05) is 40.2 Å². The van der Waals surface area contributed by atoms with Crippen LogP contribution in [0.25, 0.3) is 0 Å². The van der Waals surface area contributed by atoms with Crippen molar-refractivity contribution in [1.29, 1.82) is 0 Å². The maximum atomic E-state index is 12.3. The van der Waals surface area contributed by atoms with Crippen LogP contribution in [-0.4, -0.2) is 79.3 Å². The fourth-order valence-corrected chi connectivity index (χ4v) is 4.42. The summed E-state index contributed by atoms with van der Waals surface area (Å²) in [6.07, 6.45) is -7.63. The highest BCUT2D eigenvalue weighted by atomic mass is 35.5. The standard InChI is InChI=1S/C17H17Cl2F3N4O5S/c18-8-2-1-7(3-9(8)19)32-16-14(29)12(13(28)11(5-27)31-16)26-4-10(24-25-26)15(30)23-6-17(20,21)22/h1-4,11-14,16,27-29H,5-6H2,(H,23,30). The van der Waals surface area contributed by atoms with E-state index in [0.717, 1.165) is 22.6 Å². The van der Waals surface area contributed by atoms with Crippen molar-refractivity contribution in [3.63, 3.8) is 0 Å². The molecular formula is C17H17Cl2F3N4O5S. The topological polar surface area (TPSA) is 130 Å². The molecule has 2 aromatic rings. The maximum absolute atomic E-state index is 12.3. The smallest absolute Gasteiger partial charge is 0.394 e. The number of aliphatic hydroxyl groups is 3. The van der Waals surface area contributed by atoms with Gasteiger partial charge in [0.2, 0.25) is 0 Å². The van der Waals surface area contributed by atoms with Crippen LogP contribution in [0.4, 0.5) is 13.2 Å². The lowest BCUT2D eigenvalue weighted by atomic mass is 9.97. The van der Waals surface area contributed by atoms with E-state index in [4.69, 9.17) is 27.9 Å². The lowest BCUT2D eigenvalue weighted by molar-refractivity contribution is -0.178. The molecule has 2 heterocycles. The van der Waals surface area contributed by atoms with Gasteiger partial charge in [0.15, 0.2) is 5.69 Å². The first kappa shape index (κ1) is 25.0. The van der Waals surface area contributed by atoms with Crippen LogP contribution < -0.4 is 5.32 Å². The number of aliphatic hydroxyl groups excluding tert-OH is 3. The van der Waals surface area contributed by atoms with Crippen molar-refractivity contribution in [3.8, 4) is 0 Å². The quantitative estimate of drug-likeness (QED) is 0.456. The number of nitrogens with zero attached hydrogens (tertiary/aromatic N) is 3. The summed E-state index contributed by atoms with van der Waals surface area (Å²) in [7, 11) is 0. The summed E-state index contributed by atoms with van der Waals surface area (Å²) in [5, 5.41) is 40.4. The van der Waals surface area contributed by atoms with Gasteiger partial charge in [0.25, 0.3) is 5.91 Å². The Hall–Kier alpha value is -1.61. The Labute approximate surface area is 193 Å². The van der Waals surface area contributed by atoms with E-state index in [9.17, 15) is 33.3 Å². The summed E-state index contributed by atoms with van der Waals surface area (Å²) < 4.78 is 43.4. The van der Waals surface area contributed by atoms with E-state index in [2.05, 4.69) is 10.3 Å². The second kappa shape index (κ2) is 10.1. The number of carbonyl (C=O) groups excluding carboxylic acids is 1. The van der Waals surface area contributed by atoms with Crippen molar-refractivity contribution in [1.82, 2.24) is 20.3 Å². The van der Waals surface area contributed by atoms with E-state index in [-0.39, 0.29) is 5.02 Å². The number of carbonyl (C=O) groups is 1. The predicted molar refractivity (Wildman–Crippen MR) is 108 cm³/mol. The largest absolute Gasteiger partial charge is 0.405 e. The average Bonchev–Trinajstić information content (AvgIpc) is 3.20. The average molecular weight is 517 g/mol. The van der Waals surface area contributed by atoms with E-state index < -0.39 is 60.7 Å². The number of alkyl halides is 3. The third kappa shape index (κ3) is 5.84. The van der Waals surface area contributed by atoms with Gasteiger partial charge in [0, 0.05) is 4.90 Å². The summed E-state index contributed by atoms with van der Waals surface area (Å²) in [5.41, 5.74) is -1.46. The zero-order valence-corrected chi connectivity index (χ0v) is 18.2. The van der Waals surface area contributed by atoms with Crippen LogP contribution in [0, 0.1) is 0 Å². The van der Waals surface area contributed by atoms with E-state index in [1.54, 1.807) is 17.4 Å². The molecule has 1 aromatic carbocycles. The predicted octanol–water partition coefficient (Wildman–Crippen LogP) is 1.65. The minimum Gasteiger partial charge on any atom is -0.394 e. The molecule has 5 unspecified atom stereocenters. The molecule has 176 valence electrons. The molecule has 4 N–H and O–H groups in total. The van der Waals surface area contributed by atoms with Crippen molar-refractivity contribution in [3.05, 3.63) is 40.1 Å². The van der Waals surface area contributed by atoms with E-state index in [1.165, 1.54) is 6.07 Å². The molecule has 1 saturated heterocycles. The van der Waals surface area contributed by atoms with Crippen molar-refractivity contribution in [2.45, 2.75) is 40.9 Å². The summed E-state index contributed by atoms with van der Waals surface area (Å²) >= 11 is 12.9. The molecule has 3 rings (SSSR count). The summed E-state index contributed by atoms with van der Waals surface area (Å²) in [6.45, 7) is -2.16. The van der Waals surface area contributed by atoms with Crippen LogP contribution in [0.3, 0.4) is 0 Å². The minimum absolute atomic E-state index is 0.267. The third-order valence-electron chi connectivity index (χ3n) is 4.49. The zero-order valence-electron chi connectivity index (χ0n) is 15.9. The number of nitrogens with one attached hydrogen (secondary N) is 1. The molecule has 1 fully saturated rings. The van der Waals surface area contributed by atoms with Crippen molar-refractivity contribution >= 4 is 40.9 Å². The number of benzene rings is 1. The van der Waals surface area contributed by atoms with Crippen LogP contribution in [0.15, 0.2) is 29.3 Å². The molecule has 0 aliphatic carbocycles. The molecule has 15 heteroatoms. The van der Waals surface area contributed by atoms with Gasteiger partial charge in [-0.15, -0.1) is 5.10 Å². The molecule has 0 radical (unpaired) electrons. The Balaban J connectivity index is 1.80. The van der Waals surface area contributed by atoms with Gasteiger partial charge in [0.1, 0.15) is 36.3 Å². The molecule has 32 heavy (non-hydrogen) atoms. The van der Waals surface area contributed by atoms with Gasteiger partial charge in [-0.05, 0) is 18.2 Å². The van der Waals surface area contributed by atoms with Gasteiger partial charge in [0.05, 0.1) is 22.8 Å². The van der Waals surface area contributed by atoms with Crippen molar-refractivity contribution < 1.29 is 38.0 Å². The molecule has 1 aliphatic heterocycles. The van der Waals surface area contributed by atoms with Gasteiger partial charge >= 0.3 is 6.18 Å². The van der Waals surface area contributed by atoms with Gasteiger partial charge in [-0.2, -0.15) is 13.2 Å². The summed E-state index contributed by atoms with van der Waals surface area (Å²) in [6, 6.07) is 3.48. The fraction of sp³-hybridized carbons (Fsp3) is 0.471. The molecule has 1 aromatic heterocycles. The first-order valence-electron chi connectivity index (χ1n) is 9.01. The molecule has 5 atom stereocenters. The highest BCUT2D eigenvalue weighted by molar-refractivity contribution is 7.99. The second-order valence-electron chi connectivity index (χ2n) is 6.77. The van der Waals surface area contributed by atoms with Crippen molar-refractivity contribution in [2.75, 3.05) is 13.2 Å². The Morgan fingerprint density at radius 3 is 2.59 bits per heavy atom. The SMILES string of the molecule is O=C(NCC(F)(F)F)c1cn(C2C(O)C(CO)OC(Sc3ccc(Cl)c(Cl)c3)C2O)nn1. The highest BCUT2D eigenvalue weighted by Crippen LogP contribution is 2.39. The number of hydrogen-bond acceptors (Lipinski definition) is 8. The van der Waals surface area contributed by atoms with Gasteiger partial charge < -0.3 is 25.4 Å². The highest BCUT2D eigenvalue weighted by Gasteiger charge is 2.46. The Morgan fingerprint density at radius 2 is 1.97 bits per heavy atom. The van der Waals surface area contributed by atoms with Crippen LogP contribution in [0.2, 0.25) is 10.0 Å². The van der Waals surface area contributed by atoms with E-state index >= 15 is 0 Å². The van der Waals surface area contributed by atoms with Crippen molar-refractivity contribution in [2.24, 2.45) is 0 Å². The molecule has 9 nitrogen and oxygen atoms in total. The number of hydrogen-bond donors (Lipinski definition) is 4. The molecule has 0 bridgehead atoms. The Kier molecular flexibility index (Phi) is 7.91. The van der Waals surface area contributed by atoms with Crippen LogP contribution >= 0.6 is 35.0 Å². The fourth-order valence-electron chi connectivity index (χ4n) is 2.96. The van der Waals surface area contributed by atoms with Gasteiger partial charge in [-0.25, -0.2) is 4.68 Å². The number of rotatable bonds is 6. The van der Waals surface area contributed by atoms with Crippen LogP contribution in [0.1, 0.15) is 16.5 Å². The second-order valence-corrected chi connectivity index (χ2v) is 8.76. The molecule has 1 amide bonds. The molecule has 1 aliphatic rings. The summed E-state index contributed by atoms with van der Waals surface area (Å²) in [5.74, 6) is -1.13. The normalized spacial score (nSPS) is 26.2. The number of halogens is 5. The number of amides is 1. The number of ether oxygens (including phenoxy) is 1. The van der Waals surface area contributed by atoms with E-state index in [0.29, 0.717) is 9.92 Å². The monoisotopic (exact) mass is 516 g/mol. The Bertz CT molecular complexity index is 967. The first-order valence-corrected chi connectivity index (χ1v) is 10.6. The van der Waals surface area contributed by atoms with Crippen LogP contribution in [0.5, 0.6) is 0 Å². The minimum atomic E-state index is -4.61. The van der Waals surface area contributed by atoms with Gasteiger partial charge in [-0.3, -0.25) is 4.79 Å². The first-order chi connectivity index (χ1) is 15.0. The molecular weight excluding hydrogens is 500 g/mol. The molecule has 0 saturated carbocycles. The zero-order chi connectivity index (χ0) is 23.6. The summed E-state index contributed by atoms with van der Waals surface area (Å²) in [4.78, 5) is 12.5.